The van der Waals surface area contributed by atoms with Crippen LogP contribution in [-0.2, 0) is 6.54 Å². The highest BCUT2D eigenvalue weighted by Crippen LogP contribution is 2.32. The Hall–Kier alpha value is -1.51. The largest absolute Gasteiger partial charge is 0.344 e. The zero-order valence-corrected chi connectivity index (χ0v) is 14.0. The number of hydrogen-bond donors (Lipinski definition) is 1. The second kappa shape index (κ2) is 6.97. The Morgan fingerprint density at radius 1 is 1.10 bits per heavy atom. The van der Waals surface area contributed by atoms with E-state index in [9.17, 15) is 0 Å². The molecule has 1 N–H and O–H groups in total. The molecule has 0 unspecified atom stereocenters. The van der Waals surface area contributed by atoms with Crippen molar-refractivity contribution in [2.75, 3.05) is 18.5 Å². The van der Waals surface area contributed by atoms with Gasteiger partial charge in [-0.2, -0.15) is 0 Å². The molecule has 2 nitrogen and oxygen atoms in total. The zero-order valence-electron chi connectivity index (χ0n) is 13.2. The zero-order chi connectivity index (χ0) is 15.4. The SMILES string of the molecule is CCNCc1c(Cl)cccc1N(C)c1cc(C)cc(C)c1. The number of aryl methyl sites for hydroxylation is 2. The molecule has 112 valence electrons. The predicted octanol–water partition coefficient (Wildman–Crippen LogP) is 4.83. The molecule has 2 aromatic rings. The lowest BCUT2D eigenvalue weighted by atomic mass is 10.1. The summed E-state index contributed by atoms with van der Waals surface area (Å²) in [5.74, 6) is 0. The van der Waals surface area contributed by atoms with Gasteiger partial charge in [0.1, 0.15) is 0 Å². The molecule has 0 radical (unpaired) electrons. The normalized spacial score (nSPS) is 10.7. The molecule has 0 bridgehead atoms. The molecule has 0 aliphatic carbocycles. The number of benzene rings is 2. The van der Waals surface area contributed by atoms with E-state index in [4.69, 9.17) is 11.6 Å². The van der Waals surface area contributed by atoms with E-state index in [1.807, 2.05) is 12.1 Å². The predicted molar refractivity (Wildman–Crippen MR) is 92.8 cm³/mol. The molecule has 0 aromatic heterocycles. The van der Waals surface area contributed by atoms with Crippen LogP contribution in [-0.4, -0.2) is 13.6 Å². The van der Waals surface area contributed by atoms with Gasteiger partial charge in [0, 0.05) is 35.6 Å². The molecule has 3 heteroatoms. The minimum absolute atomic E-state index is 0.778. The van der Waals surface area contributed by atoms with E-state index in [2.05, 4.69) is 62.3 Å². The average Bonchev–Trinajstić information content (AvgIpc) is 2.44. The summed E-state index contributed by atoms with van der Waals surface area (Å²) in [6, 6.07) is 12.7. The summed E-state index contributed by atoms with van der Waals surface area (Å²) in [4.78, 5) is 2.21. The van der Waals surface area contributed by atoms with Gasteiger partial charge < -0.3 is 10.2 Å². The first-order valence-corrected chi connectivity index (χ1v) is 7.71. The monoisotopic (exact) mass is 302 g/mol. The molecular formula is C18H23ClN2. The summed E-state index contributed by atoms with van der Waals surface area (Å²) in [6.45, 7) is 8.06. The van der Waals surface area contributed by atoms with Crippen LogP contribution in [0.3, 0.4) is 0 Å². The third-order valence-corrected chi connectivity index (χ3v) is 3.96. The van der Waals surface area contributed by atoms with Gasteiger partial charge >= 0.3 is 0 Å². The van der Waals surface area contributed by atoms with Gasteiger partial charge in [-0.1, -0.05) is 30.7 Å². The summed E-state index contributed by atoms with van der Waals surface area (Å²) in [5, 5.41) is 4.17. The van der Waals surface area contributed by atoms with Gasteiger partial charge in [0.2, 0.25) is 0 Å². The molecule has 0 heterocycles. The molecule has 2 aromatic carbocycles. The van der Waals surface area contributed by atoms with E-state index in [1.165, 1.54) is 16.8 Å². The third kappa shape index (κ3) is 3.78. The lowest BCUT2D eigenvalue weighted by molar-refractivity contribution is 0.726. The smallest absolute Gasteiger partial charge is 0.0471 e. The average molecular weight is 303 g/mol. The number of nitrogens with one attached hydrogen (secondary N) is 1. The van der Waals surface area contributed by atoms with E-state index in [0.29, 0.717) is 0 Å². The van der Waals surface area contributed by atoms with Gasteiger partial charge in [-0.3, -0.25) is 0 Å². The quantitative estimate of drug-likeness (QED) is 0.850. The van der Waals surface area contributed by atoms with Crippen LogP contribution in [0.15, 0.2) is 36.4 Å². The highest BCUT2D eigenvalue weighted by molar-refractivity contribution is 6.31. The van der Waals surface area contributed by atoms with E-state index in [-0.39, 0.29) is 0 Å². The van der Waals surface area contributed by atoms with E-state index >= 15 is 0 Å². The van der Waals surface area contributed by atoms with Gasteiger partial charge in [-0.25, -0.2) is 0 Å². The number of halogens is 1. The van der Waals surface area contributed by atoms with Crippen LogP contribution in [0, 0.1) is 13.8 Å². The van der Waals surface area contributed by atoms with Crippen LogP contribution in [0.5, 0.6) is 0 Å². The Morgan fingerprint density at radius 2 is 1.76 bits per heavy atom. The van der Waals surface area contributed by atoms with Crippen LogP contribution < -0.4 is 10.2 Å². The Balaban J connectivity index is 2.42. The molecule has 0 saturated carbocycles. The molecule has 2 rings (SSSR count). The fourth-order valence-electron chi connectivity index (χ4n) is 2.57. The third-order valence-electron chi connectivity index (χ3n) is 3.60. The number of anilines is 2. The van der Waals surface area contributed by atoms with Crippen molar-refractivity contribution in [3.63, 3.8) is 0 Å². The summed E-state index contributed by atoms with van der Waals surface area (Å²) >= 11 is 6.39. The second-order valence-corrected chi connectivity index (χ2v) is 5.83. The summed E-state index contributed by atoms with van der Waals surface area (Å²) < 4.78 is 0. The number of hydrogen-bond acceptors (Lipinski definition) is 2. The molecule has 0 amide bonds. The van der Waals surface area contributed by atoms with Gasteiger partial charge in [-0.15, -0.1) is 0 Å². The topological polar surface area (TPSA) is 15.3 Å². The number of nitrogens with zero attached hydrogens (tertiary/aromatic N) is 1. The van der Waals surface area contributed by atoms with Crippen molar-refractivity contribution in [1.82, 2.24) is 5.32 Å². The molecule has 0 aliphatic rings. The maximum Gasteiger partial charge on any atom is 0.0471 e. The van der Waals surface area contributed by atoms with Crippen LogP contribution in [0.1, 0.15) is 23.6 Å². The first-order chi connectivity index (χ1) is 10.0. The standard InChI is InChI=1S/C18H23ClN2/c1-5-20-12-16-17(19)7-6-8-18(16)21(4)15-10-13(2)9-14(3)11-15/h6-11,20H,5,12H2,1-4H3. The summed E-state index contributed by atoms with van der Waals surface area (Å²) in [7, 11) is 2.09. The fourth-order valence-corrected chi connectivity index (χ4v) is 2.81. The fraction of sp³-hybridized carbons (Fsp3) is 0.333. The van der Waals surface area contributed by atoms with Gasteiger partial charge in [0.15, 0.2) is 0 Å². The molecule has 0 aliphatic heterocycles. The molecule has 0 spiro atoms. The summed E-state index contributed by atoms with van der Waals surface area (Å²) in [6.07, 6.45) is 0. The first kappa shape index (κ1) is 15.9. The Morgan fingerprint density at radius 3 is 2.38 bits per heavy atom. The molecular weight excluding hydrogens is 280 g/mol. The summed E-state index contributed by atoms with van der Waals surface area (Å²) in [5.41, 5.74) is 6.02. The number of rotatable bonds is 5. The van der Waals surface area contributed by atoms with Crippen LogP contribution in [0.25, 0.3) is 0 Å². The van der Waals surface area contributed by atoms with Crippen LogP contribution in [0.2, 0.25) is 5.02 Å². The highest BCUT2D eigenvalue weighted by Gasteiger charge is 2.12. The minimum Gasteiger partial charge on any atom is -0.344 e. The van der Waals surface area contributed by atoms with E-state index in [0.717, 1.165) is 29.4 Å². The second-order valence-electron chi connectivity index (χ2n) is 5.42. The van der Waals surface area contributed by atoms with Crippen molar-refractivity contribution in [2.24, 2.45) is 0 Å². The van der Waals surface area contributed by atoms with Crippen molar-refractivity contribution in [2.45, 2.75) is 27.3 Å². The van der Waals surface area contributed by atoms with Crippen LogP contribution in [0.4, 0.5) is 11.4 Å². The van der Waals surface area contributed by atoms with Crippen molar-refractivity contribution in [3.05, 3.63) is 58.1 Å². The maximum absolute atomic E-state index is 6.39. The van der Waals surface area contributed by atoms with Gasteiger partial charge in [-0.05, 0) is 55.8 Å². The lowest BCUT2D eigenvalue weighted by Crippen LogP contribution is -2.17. The van der Waals surface area contributed by atoms with Crippen molar-refractivity contribution in [3.8, 4) is 0 Å². The first-order valence-electron chi connectivity index (χ1n) is 7.33. The lowest BCUT2D eigenvalue weighted by Gasteiger charge is -2.24. The molecule has 0 fully saturated rings. The highest BCUT2D eigenvalue weighted by atomic mass is 35.5. The maximum atomic E-state index is 6.39. The molecule has 0 saturated heterocycles. The van der Waals surface area contributed by atoms with E-state index in [1.54, 1.807) is 0 Å². The van der Waals surface area contributed by atoms with Crippen molar-refractivity contribution >= 4 is 23.0 Å². The molecule has 0 atom stereocenters. The van der Waals surface area contributed by atoms with Gasteiger partial charge in [0.05, 0.1) is 0 Å². The Kier molecular flexibility index (Phi) is 5.27. The molecule has 21 heavy (non-hydrogen) atoms. The van der Waals surface area contributed by atoms with Crippen molar-refractivity contribution < 1.29 is 0 Å². The minimum atomic E-state index is 0.778. The van der Waals surface area contributed by atoms with Crippen LogP contribution >= 0.6 is 11.6 Å². The Bertz CT molecular complexity index is 602. The Labute approximate surface area is 132 Å². The van der Waals surface area contributed by atoms with Gasteiger partial charge in [0.25, 0.3) is 0 Å². The van der Waals surface area contributed by atoms with E-state index < -0.39 is 0 Å². The van der Waals surface area contributed by atoms with Crippen molar-refractivity contribution in [1.29, 1.82) is 0 Å².